The third-order valence-electron chi connectivity index (χ3n) is 8.42. The fourth-order valence-corrected chi connectivity index (χ4v) is 7.24. The number of halogens is 3. The normalized spacial score (nSPS) is 44.4. The van der Waals surface area contributed by atoms with Crippen LogP contribution in [0.3, 0.4) is 0 Å². The van der Waals surface area contributed by atoms with E-state index in [9.17, 15) is 13.2 Å². The molecule has 0 bridgehead atoms. The molecule has 146 valence electrons. The van der Waals surface area contributed by atoms with Crippen molar-refractivity contribution in [1.29, 1.82) is 5.26 Å². The Morgan fingerprint density at radius 3 is 2.50 bits per heavy atom. The van der Waals surface area contributed by atoms with Gasteiger partial charge in [0.15, 0.2) is 0 Å². The Kier molecular flexibility index (Phi) is 5.23. The van der Waals surface area contributed by atoms with Crippen molar-refractivity contribution in [2.75, 3.05) is 0 Å². The van der Waals surface area contributed by atoms with Crippen molar-refractivity contribution in [2.45, 2.75) is 84.7 Å². The molecule has 0 spiro atoms. The van der Waals surface area contributed by atoms with E-state index in [-0.39, 0.29) is 16.7 Å². The van der Waals surface area contributed by atoms with Gasteiger partial charge in [0.2, 0.25) is 0 Å². The average molecular weight is 367 g/mol. The highest BCUT2D eigenvalue weighted by atomic mass is 19.4. The Morgan fingerprint density at radius 2 is 1.88 bits per heavy atom. The van der Waals surface area contributed by atoms with Gasteiger partial charge in [-0.3, -0.25) is 0 Å². The Labute approximate surface area is 156 Å². The van der Waals surface area contributed by atoms with E-state index in [2.05, 4.69) is 26.8 Å². The summed E-state index contributed by atoms with van der Waals surface area (Å²) in [5.41, 5.74) is 1.19. The predicted octanol–water partition coefficient (Wildman–Crippen LogP) is 7.05. The van der Waals surface area contributed by atoms with Gasteiger partial charge < -0.3 is 0 Å². The summed E-state index contributed by atoms with van der Waals surface area (Å²) in [5.74, 6) is 1.25. The van der Waals surface area contributed by atoms with Gasteiger partial charge in [0.05, 0.1) is 6.07 Å². The van der Waals surface area contributed by atoms with Crippen LogP contribution in [0.15, 0.2) is 11.6 Å². The third-order valence-corrected chi connectivity index (χ3v) is 8.42. The number of nitrogens with zero attached hydrogens (tertiary/aromatic N) is 1. The molecule has 0 heterocycles. The third kappa shape index (κ3) is 3.20. The van der Waals surface area contributed by atoms with Crippen molar-refractivity contribution in [2.24, 2.45) is 34.5 Å². The lowest BCUT2D eigenvalue weighted by Gasteiger charge is -2.58. The molecule has 0 N–H and O–H groups in total. The fraction of sp³-hybridized carbons (Fsp3) is 0.864. The Bertz CT molecular complexity index is 601. The fourth-order valence-electron chi connectivity index (χ4n) is 7.24. The lowest BCUT2D eigenvalue weighted by Crippen LogP contribution is -2.51. The molecule has 0 aliphatic heterocycles. The summed E-state index contributed by atoms with van der Waals surface area (Å²) in [6.07, 6.45) is 4.73. The zero-order chi connectivity index (χ0) is 19.2. The highest BCUT2D eigenvalue weighted by molar-refractivity contribution is 5.28. The second-order valence-electron chi connectivity index (χ2n) is 9.52. The van der Waals surface area contributed by atoms with E-state index in [1.807, 2.05) is 0 Å². The quantitative estimate of drug-likeness (QED) is 0.490. The van der Waals surface area contributed by atoms with E-state index in [1.165, 1.54) is 5.57 Å². The first-order valence-corrected chi connectivity index (χ1v) is 10.3. The van der Waals surface area contributed by atoms with Gasteiger partial charge in [0.25, 0.3) is 0 Å². The molecule has 0 amide bonds. The van der Waals surface area contributed by atoms with Gasteiger partial charge in [0, 0.05) is 12.5 Å². The van der Waals surface area contributed by atoms with E-state index in [0.717, 1.165) is 44.9 Å². The Morgan fingerprint density at radius 1 is 1.15 bits per heavy atom. The van der Waals surface area contributed by atoms with Crippen molar-refractivity contribution in [1.82, 2.24) is 0 Å². The van der Waals surface area contributed by atoms with Crippen molar-refractivity contribution in [3.05, 3.63) is 11.6 Å². The molecule has 3 unspecified atom stereocenters. The number of hydrogen-bond donors (Lipinski definition) is 0. The zero-order valence-electron chi connectivity index (χ0n) is 16.3. The van der Waals surface area contributed by atoms with E-state index < -0.39 is 12.6 Å². The van der Waals surface area contributed by atoms with Crippen LogP contribution in [-0.4, -0.2) is 6.18 Å². The van der Waals surface area contributed by atoms with Crippen LogP contribution in [-0.2, 0) is 0 Å². The molecule has 1 nitrogen and oxygen atoms in total. The molecular formula is C22H32F3N. The summed E-state index contributed by atoms with van der Waals surface area (Å²) in [6, 6.07) is 2.22. The summed E-state index contributed by atoms with van der Waals surface area (Å²) in [7, 11) is 0. The molecule has 3 rings (SSSR count). The van der Waals surface area contributed by atoms with Gasteiger partial charge >= 0.3 is 6.18 Å². The topological polar surface area (TPSA) is 23.8 Å². The maximum absolute atomic E-state index is 13.2. The minimum Gasteiger partial charge on any atom is -0.193 e. The predicted molar refractivity (Wildman–Crippen MR) is 97.2 cm³/mol. The maximum Gasteiger partial charge on any atom is 0.389 e. The molecule has 0 radical (unpaired) electrons. The van der Waals surface area contributed by atoms with Gasteiger partial charge in [-0.15, -0.1) is 0 Å². The molecule has 0 aromatic heterocycles. The summed E-state index contributed by atoms with van der Waals surface area (Å²) in [6.45, 7) is 6.58. The second kappa shape index (κ2) is 6.88. The molecule has 0 saturated heterocycles. The highest BCUT2D eigenvalue weighted by Crippen LogP contribution is 2.66. The first-order chi connectivity index (χ1) is 12.2. The van der Waals surface area contributed by atoms with Crippen molar-refractivity contribution >= 4 is 0 Å². The van der Waals surface area contributed by atoms with E-state index >= 15 is 0 Å². The standard InChI is InChI=1S/C22H32F3N/c1-4-11-20(2)16(14-22(23,24)25)5-7-17-18-8-6-15(10-13-26)21(18,3)12-9-19(17)20/h10,16-19H,4-9,11-12,14H2,1-3H3/b15-10-/t16?,17-,18?,19?,20-,21+/m0/s1. The molecule has 6 atom stereocenters. The van der Waals surface area contributed by atoms with Crippen LogP contribution in [0.4, 0.5) is 13.2 Å². The first kappa shape index (κ1) is 19.8. The molecule has 3 aliphatic rings. The Balaban J connectivity index is 1.90. The number of alkyl halides is 3. The summed E-state index contributed by atoms with van der Waals surface area (Å²) in [5, 5.41) is 9.13. The summed E-state index contributed by atoms with van der Waals surface area (Å²) >= 11 is 0. The van der Waals surface area contributed by atoms with E-state index in [4.69, 9.17) is 5.26 Å². The number of allylic oxidation sites excluding steroid dienone is 2. The molecule has 26 heavy (non-hydrogen) atoms. The number of nitriles is 1. The maximum atomic E-state index is 13.2. The molecule has 0 aromatic carbocycles. The minimum absolute atomic E-state index is 0.0981. The van der Waals surface area contributed by atoms with Crippen molar-refractivity contribution in [3.63, 3.8) is 0 Å². The zero-order valence-corrected chi connectivity index (χ0v) is 16.3. The molecule has 3 saturated carbocycles. The van der Waals surface area contributed by atoms with Gasteiger partial charge in [-0.05, 0) is 79.4 Å². The molecule has 3 fully saturated rings. The van der Waals surface area contributed by atoms with Gasteiger partial charge in [-0.2, -0.15) is 18.4 Å². The number of hydrogen-bond acceptors (Lipinski definition) is 1. The van der Waals surface area contributed by atoms with E-state index in [1.54, 1.807) is 6.08 Å². The lowest BCUT2D eigenvalue weighted by atomic mass is 9.46. The first-order valence-electron chi connectivity index (χ1n) is 10.3. The minimum atomic E-state index is -4.06. The van der Waals surface area contributed by atoms with Gasteiger partial charge in [-0.25, -0.2) is 0 Å². The van der Waals surface area contributed by atoms with Gasteiger partial charge in [-0.1, -0.05) is 32.8 Å². The second-order valence-corrected chi connectivity index (χ2v) is 9.52. The van der Waals surface area contributed by atoms with Crippen LogP contribution in [0.2, 0.25) is 0 Å². The van der Waals surface area contributed by atoms with Crippen LogP contribution in [0, 0.1) is 45.8 Å². The van der Waals surface area contributed by atoms with Crippen LogP contribution < -0.4 is 0 Å². The van der Waals surface area contributed by atoms with Crippen LogP contribution in [0.5, 0.6) is 0 Å². The van der Waals surface area contributed by atoms with Gasteiger partial charge in [0.1, 0.15) is 0 Å². The number of rotatable bonds is 3. The van der Waals surface area contributed by atoms with Crippen molar-refractivity contribution in [3.8, 4) is 6.07 Å². The lowest BCUT2D eigenvalue weighted by molar-refractivity contribution is -0.175. The summed E-state index contributed by atoms with van der Waals surface area (Å²) < 4.78 is 39.7. The van der Waals surface area contributed by atoms with Crippen molar-refractivity contribution < 1.29 is 13.2 Å². The molecule has 4 heteroatoms. The SMILES string of the molecule is CCC[C@@]1(C)C(CC(F)(F)F)CC[C@@H]2C1CC[C@]1(C)/C(=C\C#N)CCC21. The smallest absolute Gasteiger partial charge is 0.193 e. The Hall–Kier alpha value is -0.980. The molecular weight excluding hydrogens is 335 g/mol. The molecule has 0 aromatic rings. The van der Waals surface area contributed by atoms with E-state index in [0.29, 0.717) is 24.2 Å². The van der Waals surface area contributed by atoms with Crippen LogP contribution in [0.1, 0.15) is 78.6 Å². The largest absolute Gasteiger partial charge is 0.389 e. The summed E-state index contributed by atoms with van der Waals surface area (Å²) in [4.78, 5) is 0. The number of fused-ring (bicyclic) bond motifs is 3. The van der Waals surface area contributed by atoms with Crippen LogP contribution in [0.25, 0.3) is 0 Å². The monoisotopic (exact) mass is 367 g/mol. The average Bonchev–Trinajstić information content (AvgIpc) is 2.87. The van der Waals surface area contributed by atoms with Crippen LogP contribution >= 0.6 is 0 Å². The highest BCUT2D eigenvalue weighted by Gasteiger charge is 2.58. The molecule has 3 aliphatic carbocycles.